The first-order valence-corrected chi connectivity index (χ1v) is 8.25. The fraction of sp³-hybridized carbons (Fsp3) is 0.333. The van der Waals surface area contributed by atoms with Gasteiger partial charge in [0.25, 0.3) is 0 Å². The predicted molar refractivity (Wildman–Crippen MR) is 94.5 cm³/mol. The fourth-order valence-electron chi connectivity index (χ4n) is 2.93. The van der Waals surface area contributed by atoms with E-state index in [4.69, 9.17) is 0 Å². The lowest BCUT2D eigenvalue weighted by Gasteiger charge is -2.38. The summed E-state index contributed by atoms with van der Waals surface area (Å²) in [6.07, 6.45) is 0. The topological polar surface area (TPSA) is 6.48 Å². The third-order valence-electron chi connectivity index (χ3n) is 4.18. The molecular formula is C18H21BrN2. The Morgan fingerprint density at radius 3 is 2.05 bits per heavy atom. The molecule has 3 rings (SSSR count). The van der Waals surface area contributed by atoms with Gasteiger partial charge in [0.05, 0.1) is 0 Å². The molecule has 2 aromatic rings. The van der Waals surface area contributed by atoms with E-state index in [0.29, 0.717) is 0 Å². The molecule has 0 aromatic heterocycles. The summed E-state index contributed by atoms with van der Waals surface area (Å²) >= 11 is 3.54. The number of piperazine rings is 1. The minimum atomic E-state index is 1.08. The lowest BCUT2D eigenvalue weighted by molar-refractivity contribution is 0.652. The van der Waals surface area contributed by atoms with Gasteiger partial charge in [0, 0.05) is 42.0 Å². The van der Waals surface area contributed by atoms with Gasteiger partial charge in [-0.2, -0.15) is 0 Å². The van der Waals surface area contributed by atoms with Gasteiger partial charge in [-0.05, 0) is 49.7 Å². The number of aryl methyl sites for hydroxylation is 2. The highest BCUT2D eigenvalue weighted by Gasteiger charge is 2.18. The monoisotopic (exact) mass is 344 g/mol. The van der Waals surface area contributed by atoms with Gasteiger partial charge in [-0.15, -0.1) is 0 Å². The molecule has 1 fully saturated rings. The van der Waals surface area contributed by atoms with E-state index in [-0.39, 0.29) is 0 Å². The summed E-state index contributed by atoms with van der Waals surface area (Å²) in [4.78, 5) is 4.97. The van der Waals surface area contributed by atoms with Crippen LogP contribution in [-0.2, 0) is 0 Å². The van der Waals surface area contributed by atoms with Crippen LogP contribution in [0.15, 0.2) is 46.9 Å². The fourth-order valence-corrected chi connectivity index (χ4v) is 3.41. The number of benzene rings is 2. The van der Waals surface area contributed by atoms with Crippen molar-refractivity contribution in [3.05, 3.63) is 58.1 Å². The van der Waals surface area contributed by atoms with E-state index < -0.39 is 0 Å². The Morgan fingerprint density at radius 2 is 1.43 bits per heavy atom. The zero-order valence-electron chi connectivity index (χ0n) is 12.6. The quantitative estimate of drug-likeness (QED) is 0.796. The molecule has 0 bridgehead atoms. The Morgan fingerprint density at radius 1 is 0.810 bits per heavy atom. The van der Waals surface area contributed by atoms with Crippen LogP contribution < -0.4 is 9.80 Å². The zero-order valence-corrected chi connectivity index (χ0v) is 14.2. The van der Waals surface area contributed by atoms with Gasteiger partial charge >= 0.3 is 0 Å². The van der Waals surface area contributed by atoms with Crippen molar-refractivity contribution in [2.24, 2.45) is 0 Å². The smallest absolute Gasteiger partial charge is 0.0397 e. The van der Waals surface area contributed by atoms with Crippen molar-refractivity contribution >= 4 is 27.3 Å². The van der Waals surface area contributed by atoms with E-state index in [1.807, 2.05) is 0 Å². The highest BCUT2D eigenvalue weighted by Crippen LogP contribution is 2.26. The van der Waals surface area contributed by atoms with Gasteiger partial charge in [0.1, 0.15) is 0 Å². The van der Waals surface area contributed by atoms with Gasteiger partial charge in [0.2, 0.25) is 0 Å². The maximum Gasteiger partial charge on any atom is 0.0397 e. The molecule has 0 N–H and O–H groups in total. The van der Waals surface area contributed by atoms with Crippen LogP contribution in [0.5, 0.6) is 0 Å². The molecule has 0 amide bonds. The lowest BCUT2D eigenvalue weighted by atomic mass is 10.1. The van der Waals surface area contributed by atoms with E-state index in [1.54, 1.807) is 0 Å². The number of anilines is 2. The average molecular weight is 345 g/mol. The molecule has 3 heteroatoms. The second kappa shape index (κ2) is 6.10. The summed E-state index contributed by atoms with van der Waals surface area (Å²) in [6.45, 7) is 8.65. The summed E-state index contributed by atoms with van der Waals surface area (Å²) in [7, 11) is 0. The van der Waals surface area contributed by atoms with Crippen LogP contribution in [0.3, 0.4) is 0 Å². The van der Waals surface area contributed by atoms with Crippen LogP contribution in [0.25, 0.3) is 0 Å². The van der Waals surface area contributed by atoms with Crippen LogP contribution in [0.4, 0.5) is 11.4 Å². The van der Waals surface area contributed by atoms with Crippen LogP contribution in [0.2, 0.25) is 0 Å². The van der Waals surface area contributed by atoms with Crippen molar-refractivity contribution in [1.82, 2.24) is 0 Å². The summed E-state index contributed by atoms with van der Waals surface area (Å²) in [5.74, 6) is 0. The molecule has 110 valence electrons. The molecule has 0 saturated carbocycles. The summed E-state index contributed by atoms with van der Waals surface area (Å²) in [5.41, 5.74) is 5.37. The van der Waals surface area contributed by atoms with Gasteiger partial charge < -0.3 is 9.80 Å². The van der Waals surface area contributed by atoms with Crippen molar-refractivity contribution in [3.8, 4) is 0 Å². The molecule has 0 atom stereocenters. The average Bonchev–Trinajstić information content (AvgIpc) is 2.48. The number of nitrogens with zero attached hydrogens (tertiary/aromatic N) is 2. The van der Waals surface area contributed by atoms with Crippen molar-refractivity contribution in [1.29, 1.82) is 0 Å². The van der Waals surface area contributed by atoms with Gasteiger partial charge in [-0.25, -0.2) is 0 Å². The van der Waals surface area contributed by atoms with E-state index in [9.17, 15) is 0 Å². The SMILES string of the molecule is Cc1ccc(N2CCN(c3ccc(Br)cc3C)CC2)cc1. The normalized spacial score (nSPS) is 15.4. The van der Waals surface area contributed by atoms with E-state index >= 15 is 0 Å². The highest BCUT2D eigenvalue weighted by molar-refractivity contribution is 9.10. The second-order valence-corrected chi connectivity index (χ2v) is 6.66. The maximum atomic E-state index is 3.54. The molecule has 2 nitrogen and oxygen atoms in total. The number of halogens is 1. The van der Waals surface area contributed by atoms with Crippen molar-refractivity contribution < 1.29 is 0 Å². The minimum absolute atomic E-state index is 1.08. The summed E-state index contributed by atoms with van der Waals surface area (Å²) in [5, 5.41) is 0. The third kappa shape index (κ3) is 3.24. The molecule has 0 spiro atoms. The van der Waals surface area contributed by atoms with Crippen molar-refractivity contribution in [3.63, 3.8) is 0 Å². The first-order valence-electron chi connectivity index (χ1n) is 7.46. The Hall–Kier alpha value is -1.48. The van der Waals surface area contributed by atoms with E-state index in [1.165, 1.54) is 22.5 Å². The van der Waals surface area contributed by atoms with Crippen molar-refractivity contribution in [2.75, 3.05) is 36.0 Å². The number of rotatable bonds is 2. The zero-order chi connectivity index (χ0) is 14.8. The Bertz CT molecular complexity index is 614. The van der Waals surface area contributed by atoms with Crippen LogP contribution >= 0.6 is 15.9 Å². The largest absolute Gasteiger partial charge is 0.368 e. The Kier molecular flexibility index (Phi) is 4.20. The molecule has 1 aliphatic rings. The molecule has 1 heterocycles. The van der Waals surface area contributed by atoms with Crippen LogP contribution in [0, 0.1) is 13.8 Å². The molecule has 0 unspecified atom stereocenters. The third-order valence-corrected chi connectivity index (χ3v) is 4.67. The first kappa shape index (κ1) is 14.5. The van der Waals surface area contributed by atoms with E-state index in [0.717, 1.165) is 30.7 Å². The van der Waals surface area contributed by atoms with Gasteiger partial charge in [-0.3, -0.25) is 0 Å². The van der Waals surface area contributed by atoms with Gasteiger partial charge in [0.15, 0.2) is 0 Å². The van der Waals surface area contributed by atoms with Crippen LogP contribution in [0.1, 0.15) is 11.1 Å². The standard InChI is InChI=1S/C18H21BrN2/c1-14-3-6-17(7-4-14)20-9-11-21(12-10-20)18-8-5-16(19)13-15(18)2/h3-8,13H,9-12H2,1-2H3. The molecule has 0 aliphatic carbocycles. The highest BCUT2D eigenvalue weighted by atomic mass is 79.9. The van der Waals surface area contributed by atoms with Crippen molar-refractivity contribution in [2.45, 2.75) is 13.8 Å². The second-order valence-electron chi connectivity index (χ2n) is 5.74. The van der Waals surface area contributed by atoms with Crippen LogP contribution in [-0.4, -0.2) is 26.2 Å². The summed E-state index contributed by atoms with van der Waals surface area (Å²) < 4.78 is 1.15. The Balaban J connectivity index is 1.68. The maximum absolute atomic E-state index is 3.54. The summed E-state index contributed by atoms with van der Waals surface area (Å²) in [6, 6.07) is 15.4. The number of hydrogen-bond donors (Lipinski definition) is 0. The predicted octanol–water partition coefficient (Wildman–Crippen LogP) is 4.39. The minimum Gasteiger partial charge on any atom is -0.368 e. The van der Waals surface area contributed by atoms with Gasteiger partial charge in [-0.1, -0.05) is 33.6 Å². The molecule has 1 saturated heterocycles. The Labute approximate surface area is 135 Å². The molecular weight excluding hydrogens is 324 g/mol. The first-order chi connectivity index (χ1) is 10.1. The molecule has 1 aliphatic heterocycles. The molecule has 2 aromatic carbocycles. The molecule has 21 heavy (non-hydrogen) atoms. The number of hydrogen-bond acceptors (Lipinski definition) is 2. The van der Waals surface area contributed by atoms with E-state index in [2.05, 4.69) is 82.0 Å². The lowest BCUT2D eigenvalue weighted by Crippen LogP contribution is -2.46. The molecule has 0 radical (unpaired) electrons.